The van der Waals surface area contributed by atoms with Gasteiger partial charge in [0.1, 0.15) is 6.04 Å². The summed E-state index contributed by atoms with van der Waals surface area (Å²) in [6.45, 7) is 4.14. The summed E-state index contributed by atoms with van der Waals surface area (Å²) in [7, 11) is -3.59. The van der Waals surface area contributed by atoms with Gasteiger partial charge in [0.05, 0.1) is 11.9 Å². The molecular formula is C21H28N2O3S2. The molecule has 1 atom stereocenters. The van der Waals surface area contributed by atoms with Crippen molar-refractivity contribution in [3.63, 3.8) is 0 Å². The zero-order chi connectivity index (χ0) is 20.6. The minimum absolute atomic E-state index is 0.301. The second-order valence-corrected chi connectivity index (χ2v) is 9.55. The summed E-state index contributed by atoms with van der Waals surface area (Å²) < 4.78 is 25.8. The highest BCUT2D eigenvalue weighted by molar-refractivity contribution is 7.98. The molecule has 0 aliphatic carbocycles. The van der Waals surface area contributed by atoms with E-state index in [9.17, 15) is 13.2 Å². The van der Waals surface area contributed by atoms with E-state index in [2.05, 4.69) is 17.4 Å². The number of rotatable bonds is 10. The molecule has 0 aromatic heterocycles. The van der Waals surface area contributed by atoms with E-state index in [1.807, 2.05) is 37.3 Å². The van der Waals surface area contributed by atoms with Crippen LogP contribution in [-0.4, -0.2) is 38.9 Å². The van der Waals surface area contributed by atoms with Gasteiger partial charge < -0.3 is 5.32 Å². The lowest BCUT2D eigenvalue weighted by atomic mass is 10.1. The number of nitrogens with zero attached hydrogens (tertiary/aromatic N) is 1. The Hall–Kier alpha value is -1.99. The fourth-order valence-electron chi connectivity index (χ4n) is 2.85. The van der Waals surface area contributed by atoms with Crippen LogP contribution >= 0.6 is 11.8 Å². The molecule has 0 saturated carbocycles. The molecule has 2 rings (SSSR count). The second kappa shape index (κ2) is 10.5. The third-order valence-electron chi connectivity index (χ3n) is 4.34. The van der Waals surface area contributed by atoms with Crippen molar-refractivity contribution in [1.82, 2.24) is 5.32 Å². The third-order valence-corrected chi connectivity index (χ3v) is 6.62. The zero-order valence-electron chi connectivity index (χ0n) is 16.6. The summed E-state index contributed by atoms with van der Waals surface area (Å²) in [5.41, 5.74) is 2.86. The molecule has 2 aromatic carbocycles. The van der Waals surface area contributed by atoms with E-state index in [0.717, 1.165) is 29.7 Å². The van der Waals surface area contributed by atoms with Crippen molar-refractivity contribution in [2.45, 2.75) is 32.1 Å². The van der Waals surface area contributed by atoms with Crippen LogP contribution in [0.3, 0.4) is 0 Å². The summed E-state index contributed by atoms with van der Waals surface area (Å²) in [6, 6.07) is 16.6. The number of nitrogens with one attached hydrogen (secondary N) is 1. The number of amides is 1. The number of anilines is 1. The van der Waals surface area contributed by atoms with Gasteiger partial charge in [0.2, 0.25) is 15.9 Å². The first-order valence-electron chi connectivity index (χ1n) is 9.30. The first-order chi connectivity index (χ1) is 13.3. The molecule has 152 valence electrons. The summed E-state index contributed by atoms with van der Waals surface area (Å²) in [6.07, 6.45) is 2.00. The number of thioether (sulfide) groups is 1. The van der Waals surface area contributed by atoms with Crippen molar-refractivity contribution >= 4 is 33.4 Å². The molecule has 0 unspecified atom stereocenters. The summed E-state index contributed by atoms with van der Waals surface area (Å²) in [4.78, 5) is 12.5. The van der Waals surface area contributed by atoms with Crippen molar-refractivity contribution in [1.29, 1.82) is 0 Å². The molecule has 0 saturated heterocycles. The molecule has 0 heterocycles. The molecule has 7 heteroatoms. The number of benzene rings is 2. The number of carbonyl (C=O) groups is 1. The van der Waals surface area contributed by atoms with Crippen LogP contribution in [0.5, 0.6) is 0 Å². The Morgan fingerprint density at radius 1 is 1.07 bits per heavy atom. The zero-order valence-corrected chi connectivity index (χ0v) is 18.2. The lowest BCUT2D eigenvalue weighted by molar-refractivity contribution is -0.121. The average molecular weight is 421 g/mol. The summed E-state index contributed by atoms with van der Waals surface area (Å²) in [5.74, 6) is 1.34. The quantitative estimate of drug-likeness (QED) is 0.598. The number of hydrogen-bond donors (Lipinski definition) is 1. The molecule has 0 radical (unpaired) electrons. The van der Waals surface area contributed by atoms with Gasteiger partial charge in [-0.25, -0.2) is 8.42 Å². The minimum Gasteiger partial charge on any atom is -0.353 e. The van der Waals surface area contributed by atoms with Gasteiger partial charge in [0, 0.05) is 18.1 Å². The Kier molecular flexibility index (Phi) is 8.38. The number of hydrogen-bond acceptors (Lipinski definition) is 4. The Balaban J connectivity index is 1.91. The van der Waals surface area contributed by atoms with E-state index >= 15 is 0 Å². The van der Waals surface area contributed by atoms with Crippen LogP contribution < -0.4 is 9.62 Å². The topological polar surface area (TPSA) is 66.5 Å². The minimum atomic E-state index is -3.59. The maximum atomic E-state index is 12.5. The monoisotopic (exact) mass is 420 g/mol. The number of carbonyl (C=O) groups excluding carboxylic acids is 1. The van der Waals surface area contributed by atoms with Crippen molar-refractivity contribution in [2.24, 2.45) is 0 Å². The smallest absolute Gasteiger partial charge is 0.243 e. The Labute approximate surface area is 172 Å². The Morgan fingerprint density at radius 2 is 1.71 bits per heavy atom. The van der Waals surface area contributed by atoms with Crippen LogP contribution in [0.2, 0.25) is 0 Å². The van der Waals surface area contributed by atoms with Gasteiger partial charge in [-0.1, -0.05) is 49.4 Å². The molecule has 2 aromatic rings. The van der Waals surface area contributed by atoms with Crippen molar-refractivity contribution in [3.8, 4) is 0 Å². The van der Waals surface area contributed by atoms with Gasteiger partial charge >= 0.3 is 0 Å². The van der Waals surface area contributed by atoms with Crippen LogP contribution in [0.1, 0.15) is 25.0 Å². The first kappa shape index (κ1) is 22.3. The maximum absolute atomic E-state index is 12.5. The molecule has 0 aliphatic rings. The van der Waals surface area contributed by atoms with E-state index in [1.54, 1.807) is 30.8 Å². The van der Waals surface area contributed by atoms with Gasteiger partial charge in [-0.05, 0) is 36.6 Å². The lowest BCUT2D eigenvalue weighted by Gasteiger charge is -2.28. The Morgan fingerprint density at radius 3 is 2.29 bits per heavy atom. The van der Waals surface area contributed by atoms with E-state index < -0.39 is 16.1 Å². The van der Waals surface area contributed by atoms with Crippen molar-refractivity contribution < 1.29 is 13.2 Å². The predicted molar refractivity (Wildman–Crippen MR) is 118 cm³/mol. The van der Waals surface area contributed by atoms with Gasteiger partial charge in [-0.15, -0.1) is 0 Å². The largest absolute Gasteiger partial charge is 0.353 e. The van der Waals surface area contributed by atoms with Gasteiger partial charge in [0.25, 0.3) is 0 Å². The van der Waals surface area contributed by atoms with E-state index in [-0.39, 0.29) is 5.91 Å². The van der Waals surface area contributed by atoms with Crippen LogP contribution in [0.15, 0.2) is 54.6 Å². The summed E-state index contributed by atoms with van der Waals surface area (Å²) in [5, 5.41) is 2.85. The molecule has 0 aliphatic heterocycles. The highest BCUT2D eigenvalue weighted by Gasteiger charge is 2.28. The molecule has 0 spiro atoms. The van der Waals surface area contributed by atoms with Gasteiger partial charge in [-0.3, -0.25) is 9.10 Å². The molecular weight excluding hydrogens is 392 g/mol. The fraction of sp³-hybridized carbons (Fsp3) is 0.381. The normalized spacial score (nSPS) is 12.4. The van der Waals surface area contributed by atoms with Crippen LogP contribution in [0.4, 0.5) is 5.69 Å². The highest BCUT2D eigenvalue weighted by atomic mass is 32.2. The second-order valence-electron chi connectivity index (χ2n) is 6.58. The standard InChI is InChI=1S/C21H28N2O3S2/c1-4-18-10-12-20(13-11-18)23(28(3,25)26)17(2)21(24)22-14-15-27-16-19-8-6-5-7-9-19/h5-13,17H,4,14-16H2,1-3H3,(H,22,24)/t17-/m0/s1. The van der Waals surface area contributed by atoms with Gasteiger partial charge in [0.15, 0.2) is 0 Å². The Bertz CT molecular complexity index is 853. The van der Waals surface area contributed by atoms with Crippen LogP contribution in [0.25, 0.3) is 0 Å². The van der Waals surface area contributed by atoms with Crippen LogP contribution in [-0.2, 0) is 27.0 Å². The molecule has 0 fully saturated rings. The molecule has 0 bridgehead atoms. The molecule has 1 N–H and O–H groups in total. The third kappa shape index (κ3) is 6.56. The van der Waals surface area contributed by atoms with Crippen molar-refractivity contribution in [3.05, 3.63) is 65.7 Å². The van der Waals surface area contributed by atoms with E-state index in [4.69, 9.17) is 0 Å². The molecule has 5 nitrogen and oxygen atoms in total. The summed E-state index contributed by atoms with van der Waals surface area (Å²) >= 11 is 1.73. The van der Waals surface area contributed by atoms with Crippen LogP contribution in [0, 0.1) is 0 Å². The molecule has 1 amide bonds. The lowest BCUT2D eigenvalue weighted by Crippen LogP contribution is -2.48. The SMILES string of the molecule is CCc1ccc(N([C@@H](C)C(=O)NCCSCc2ccccc2)S(C)(=O)=O)cc1. The fourth-order valence-corrected chi connectivity index (χ4v) is 4.84. The van der Waals surface area contributed by atoms with E-state index in [1.165, 1.54) is 9.87 Å². The van der Waals surface area contributed by atoms with E-state index in [0.29, 0.717) is 12.2 Å². The van der Waals surface area contributed by atoms with Crippen molar-refractivity contribution in [2.75, 3.05) is 22.9 Å². The number of aryl methyl sites for hydroxylation is 1. The van der Waals surface area contributed by atoms with Gasteiger partial charge in [-0.2, -0.15) is 11.8 Å². The average Bonchev–Trinajstić information content (AvgIpc) is 2.68. The first-order valence-corrected chi connectivity index (χ1v) is 12.3. The number of sulfonamides is 1. The molecule has 28 heavy (non-hydrogen) atoms. The predicted octanol–water partition coefficient (Wildman–Crippen LogP) is 3.45. The highest BCUT2D eigenvalue weighted by Crippen LogP contribution is 2.21. The maximum Gasteiger partial charge on any atom is 0.243 e.